The molecule has 10 heteroatoms. The standard InChI is InChI=1S/C23H18F3NO4STe/c1-17(31-32(28,29)23(24,25)26)27-21(18-11-5-2-6-12-18)22(19-13-7-3-8-14-19)33(30)20-15-9-4-10-16-20/h2-16H,1H3/b22-21+,27-17?. The Balaban J connectivity index is 2.28. The van der Waals surface area contributed by atoms with Gasteiger partial charge >= 0.3 is 197 Å². The van der Waals surface area contributed by atoms with E-state index in [0.717, 1.165) is 6.92 Å². The van der Waals surface area contributed by atoms with Gasteiger partial charge in [-0.15, -0.1) is 0 Å². The number of hydrogen-bond acceptors (Lipinski definition) is 5. The van der Waals surface area contributed by atoms with Gasteiger partial charge in [0.15, 0.2) is 0 Å². The molecule has 0 unspecified atom stereocenters. The third kappa shape index (κ3) is 6.16. The van der Waals surface area contributed by atoms with Crippen LogP contribution in [0.4, 0.5) is 13.2 Å². The number of aliphatic imine (C=N–C) groups is 1. The molecule has 3 aromatic rings. The zero-order valence-corrected chi connectivity index (χ0v) is 20.3. The first-order valence-electron chi connectivity index (χ1n) is 9.48. The van der Waals surface area contributed by atoms with Gasteiger partial charge in [0.1, 0.15) is 0 Å². The first-order chi connectivity index (χ1) is 15.6. The molecule has 0 aliphatic carbocycles. The van der Waals surface area contributed by atoms with Gasteiger partial charge in [-0.3, -0.25) is 0 Å². The van der Waals surface area contributed by atoms with Crippen LogP contribution in [0.2, 0.25) is 0 Å². The second kappa shape index (κ2) is 10.4. The predicted octanol–water partition coefficient (Wildman–Crippen LogP) is 4.71. The molecule has 0 saturated carbocycles. The van der Waals surface area contributed by atoms with Crippen LogP contribution >= 0.6 is 0 Å². The van der Waals surface area contributed by atoms with Gasteiger partial charge in [-0.05, 0) is 0 Å². The van der Waals surface area contributed by atoms with Crippen molar-refractivity contribution in [2.75, 3.05) is 0 Å². The number of nitrogens with zero attached hydrogens (tertiary/aromatic N) is 1. The molecule has 33 heavy (non-hydrogen) atoms. The molecule has 5 nitrogen and oxygen atoms in total. The maximum absolute atomic E-state index is 13.8. The van der Waals surface area contributed by atoms with E-state index in [0.29, 0.717) is 18.4 Å². The molecular formula is C23H18F3NO4STe. The van der Waals surface area contributed by atoms with E-state index >= 15 is 0 Å². The van der Waals surface area contributed by atoms with Crippen molar-refractivity contribution < 1.29 is 28.9 Å². The fourth-order valence-corrected chi connectivity index (χ4v) is 7.05. The van der Waals surface area contributed by atoms with Crippen LogP contribution in [0.3, 0.4) is 0 Å². The molecule has 3 aromatic carbocycles. The van der Waals surface area contributed by atoms with Gasteiger partial charge in [0.05, 0.1) is 0 Å². The minimum absolute atomic E-state index is 0.0760. The Morgan fingerprint density at radius 2 is 1.27 bits per heavy atom. The van der Waals surface area contributed by atoms with E-state index in [4.69, 9.17) is 0 Å². The Bertz CT molecular complexity index is 1290. The molecule has 0 N–H and O–H groups in total. The molecule has 0 aliphatic rings. The first kappa shape index (κ1) is 24.8. The van der Waals surface area contributed by atoms with Crippen molar-refractivity contribution >= 4 is 48.5 Å². The van der Waals surface area contributed by atoms with E-state index in [-0.39, 0.29) is 5.70 Å². The maximum atomic E-state index is 13.8. The second-order valence-electron chi connectivity index (χ2n) is 6.61. The topological polar surface area (TPSA) is 72.8 Å². The number of benzene rings is 3. The summed E-state index contributed by atoms with van der Waals surface area (Å²) in [5.41, 5.74) is -4.53. The Morgan fingerprint density at radius 1 is 0.818 bits per heavy atom. The van der Waals surface area contributed by atoms with Gasteiger partial charge < -0.3 is 0 Å². The average Bonchev–Trinajstić information content (AvgIpc) is 2.79. The van der Waals surface area contributed by atoms with Crippen LogP contribution in [0.1, 0.15) is 18.1 Å². The van der Waals surface area contributed by atoms with E-state index < -0.39 is 41.1 Å². The fraction of sp³-hybridized carbons (Fsp3) is 0.0870. The SMILES string of the molecule is CC(=N/C(=C(\c1ccccc1)[Te](=O)c1ccccc1)c1ccccc1)OS(=O)(=O)C(F)(F)F. The number of rotatable bonds is 6. The van der Waals surface area contributed by atoms with E-state index in [9.17, 15) is 24.7 Å². The summed E-state index contributed by atoms with van der Waals surface area (Å²) >= 11 is -3.56. The molecule has 0 bridgehead atoms. The summed E-state index contributed by atoms with van der Waals surface area (Å²) in [6, 6.07) is 25.7. The van der Waals surface area contributed by atoms with E-state index in [2.05, 4.69) is 9.18 Å². The van der Waals surface area contributed by atoms with E-state index in [1.807, 2.05) is 0 Å². The van der Waals surface area contributed by atoms with Crippen molar-refractivity contribution in [1.29, 1.82) is 0 Å². The first-order valence-corrected chi connectivity index (χ1v) is 14.2. The van der Waals surface area contributed by atoms with Crippen LogP contribution in [-0.2, 0) is 17.4 Å². The Hall–Kier alpha value is -2.80. The van der Waals surface area contributed by atoms with Gasteiger partial charge in [0.25, 0.3) is 0 Å². The number of hydrogen-bond donors (Lipinski definition) is 0. The van der Waals surface area contributed by atoms with Crippen molar-refractivity contribution in [2.24, 2.45) is 4.99 Å². The molecule has 172 valence electrons. The monoisotopic (exact) mass is 591 g/mol. The predicted molar refractivity (Wildman–Crippen MR) is 121 cm³/mol. The number of halogens is 3. The summed E-state index contributed by atoms with van der Waals surface area (Å²) in [6.07, 6.45) is 0. The quantitative estimate of drug-likeness (QED) is 0.104. The van der Waals surface area contributed by atoms with Gasteiger partial charge in [0, 0.05) is 0 Å². The molecule has 3 rings (SSSR count). The van der Waals surface area contributed by atoms with Crippen LogP contribution in [0.15, 0.2) is 96.0 Å². The van der Waals surface area contributed by atoms with E-state index in [1.54, 1.807) is 91.0 Å². The zero-order valence-electron chi connectivity index (χ0n) is 17.2. The Kier molecular flexibility index (Phi) is 7.84. The van der Waals surface area contributed by atoms with Crippen molar-refractivity contribution in [1.82, 2.24) is 0 Å². The molecule has 0 atom stereocenters. The third-order valence-electron chi connectivity index (χ3n) is 4.22. The normalized spacial score (nSPS) is 13.5. The van der Waals surface area contributed by atoms with Crippen LogP contribution < -0.4 is 3.61 Å². The third-order valence-corrected chi connectivity index (χ3v) is 9.53. The van der Waals surface area contributed by atoms with Crippen LogP contribution in [0, 0.1) is 0 Å². The molecule has 0 fully saturated rings. The molecule has 0 amide bonds. The Labute approximate surface area is 196 Å². The second-order valence-corrected chi connectivity index (χ2v) is 12.2. The fourth-order valence-electron chi connectivity index (χ4n) is 2.81. The van der Waals surface area contributed by atoms with Gasteiger partial charge in [-0.2, -0.15) is 0 Å². The molecular weight excluding hydrogens is 571 g/mol. The molecule has 0 aromatic heterocycles. The van der Waals surface area contributed by atoms with Gasteiger partial charge in [0.2, 0.25) is 0 Å². The van der Waals surface area contributed by atoms with Crippen molar-refractivity contribution in [2.45, 2.75) is 12.4 Å². The van der Waals surface area contributed by atoms with Crippen LogP contribution in [0.25, 0.3) is 9.32 Å². The summed E-state index contributed by atoms with van der Waals surface area (Å²) in [6.45, 7) is 1.00. The minimum atomic E-state index is -5.91. The number of alkyl halides is 3. The van der Waals surface area contributed by atoms with Gasteiger partial charge in [-0.25, -0.2) is 0 Å². The van der Waals surface area contributed by atoms with Crippen LogP contribution in [-0.4, -0.2) is 39.4 Å². The van der Waals surface area contributed by atoms with Gasteiger partial charge in [-0.1, -0.05) is 0 Å². The van der Waals surface area contributed by atoms with Crippen molar-refractivity contribution in [3.63, 3.8) is 0 Å². The molecule has 0 heterocycles. The molecule has 0 radical (unpaired) electrons. The van der Waals surface area contributed by atoms with E-state index in [1.165, 1.54) is 0 Å². The summed E-state index contributed by atoms with van der Waals surface area (Å²) in [5.74, 6) is -0.751. The molecule has 0 spiro atoms. The van der Waals surface area contributed by atoms with Crippen molar-refractivity contribution in [3.8, 4) is 0 Å². The van der Waals surface area contributed by atoms with Crippen molar-refractivity contribution in [3.05, 3.63) is 102 Å². The zero-order chi connectivity index (χ0) is 24.1. The Morgan fingerprint density at radius 3 is 1.76 bits per heavy atom. The summed E-state index contributed by atoms with van der Waals surface area (Å²) in [7, 11) is -5.91. The van der Waals surface area contributed by atoms with Crippen LogP contribution in [0.5, 0.6) is 0 Å². The molecule has 0 saturated heterocycles. The summed E-state index contributed by atoms with van der Waals surface area (Å²) in [4.78, 5) is 4.11. The average molecular weight is 589 g/mol. The summed E-state index contributed by atoms with van der Waals surface area (Å²) in [5, 5.41) is 0. The summed E-state index contributed by atoms with van der Waals surface area (Å²) < 4.78 is 80.3. The molecule has 0 aliphatic heterocycles.